The minimum atomic E-state index is -0.866. The van der Waals surface area contributed by atoms with Gasteiger partial charge in [0.1, 0.15) is 0 Å². The molecule has 2 bridgehead atoms. The number of β-amino-alcohol motifs (C(OH)–C–C–N with tert-alkyl or cyclic N) is 1. The van der Waals surface area contributed by atoms with Crippen LogP contribution in [0.4, 0.5) is 0 Å². The van der Waals surface area contributed by atoms with Crippen LogP contribution in [0.3, 0.4) is 0 Å². The Labute approximate surface area is 305 Å². The van der Waals surface area contributed by atoms with Crippen LogP contribution in [0.1, 0.15) is 104 Å². The predicted octanol–water partition coefficient (Wildman–Crippen LogP) is 9.58. The first-order valence-corrected chi connectivity index (χ1v) is 19.4. The summed E-state index contributed by atoms with van der Waals surface area (Å²) in [6.07, 6.45) is 10.7. The second-order valence-corrected chi connectivity index (χ2v) is 16.1. The largest absolute Gasteiger partial charge is 0.393 e. The van der Waals surface area contributed by atoms with Gasteiger partial charge in [-0.1, -0.05) is 116 Å². The minimum absolute atomic E-state index is 0.0158. The zero-order valence-corrected chi connectivity index (χ0v) is 30.6. The first-order valence-electron chi connectivity index (χ1n) is 19.4. The van der Waals surface area contributed by atoms with E-state index in [9.17, 15) is 15.0 Å². The van der Waals surface area contributed by atoms with Gasteiger partial charge in [-0.25, -0.2) is 0 Å². The van der Waals surface area contributed by atoms with E-state index < -0.39 is 17.1 Å². The summed E-state index contributed by atoms with van der Waals surface area (Å²) in [4.78, 5) is 17.1. The molecule has 4 atom stereocenters. The number of hydrogen-bond donors (Lipinski definition) is 2. The molecule has 8 rings (SSSR count). The number of ketones is 1. The molecule has 1 aliphatic heterocycles. The van der Waals surface area contributed by atoms with Gasteiger partial charge < -0.3 is 15.1 Å². The Morgan fingerprint density at radius 2 is 1.51 bits per heavy atom. The van der Waals surface area contributed by atoms with Gasteiger partial charge in [0.2, 0.25) is 0 Å². The number of rotatable bonds is 7. The molecular weight excluding hydrogens is 627 g/mol. The fourth-order valence-corrected chi connectivity index (χ4v) is 9.46. The number of allylic oxidation sites excluding steroid dienone is 2. The lowest BCUT2D eigenvalue weighted by molar-refractivity contribution is -0.0873. The molecule has 4 nitrogen and oxygen atoms in total. The van der Waals surface area contributed by atoms with Crippen molar-refractivity contribution in [2.24, 2.45) is 11.3 Å². The van der Waals surface area contributed by atoms with Crippen molar-refractivity contribution < 1.29 is 15.0 Å². The van der Waals surface area contributed by atoms with Crippen LogP contribution >= 0.6 is 0 Å². The highest BCUT2D eigenvalue weighted by atomic mass is 16.3. The molecule has 0 spiro atoms. The van der Waals surface area contributed by atoms with Crippen molar-refractivity contribution in [3.05, 3.63) is 143 Å². The standard InChI is InChI=1S/C47H55NO3/c1-34-10-9-26-46(2)44(23-27-47(46,51)33-48-28-24-36(25-29-48)30-35-11-5-3-6-12-35)42-22-16-37(31-41(49)21-15-34)32-43(42)45(50)40-19-17-39(18-20-40)38-13-7-4-8-14-38/h3-8,10-14,16-20,22,32,36,41,44,49,51H,9,15,21,23-31,33H2,1-2H3. The zero-order chi connectivity index (χ0) is 35.4. The minimum Gasteiger partial charge on any atom is -0.393 e. The van der Waals surface area contributed by atoms with Crippen molar-refractivity contribution in [2.75, 3.05) is 19.6 Å². The van der Waals surface area contributed by atoms with E-state index in [1.54, 1.807) is 0 Å². The van der Waals surface area contributed by atoms with Crippen molar-refractivity contribution in [2.45, 2.75) is 95.7 Å². The monoisotopic (exact) mass is 681 g/mol. The summed E-state index contributed by atoms with van der Waals surface area (Å²) in [7, 11) is 0. The number of fused-ring (bicyclic) bond motifs is 8. The average Bonchev–Trinajstić information content (AvgIpc) is 3.40. The van der Waals surface area contributed by atoms with E-state index in [1.165, 1.54) is 11.1 Å². The fourth-order valence-electron chi connectivity index (χ4n) is 9.46. The van der Waals surface area contributed by atoms with Crippen molar-refractivity contribution in [3.8, 4) is 11.1 Å². The number of carbonyl (C=O) groups excluding carboxylic acids is 1. The van der Waals surface area contributed by atoms with Crippen LogP contribution in [0, 0.1) is 11.3 Å². The molecule has 1 saturated heterocycles. The van der Waals surface area contributed by atoms with Gasteiger partial charge in [-0.2, -0.15) is 0 Å². The number of hydrogen-bond acceptors (Lipinski definition) is 4. The summed E-state index contributed by atoms with van der Waals surface area (Å²) in [5.74, 6) is 0.735. The second-order valence-electron chi connectivity index (χ2n) is 16.1. The number of aliphatic hydroxyl groups excluding tert-OH is 1. The highest BCUT2D eigenvalue weighted by molar-refractivity contribution is 6.10. The molecule has 4 unspecified atom stereocenters. The van der Waals surface area contributed by atoms with Crippen molar-refractivity contribution >= 4 is 5.78 Å². The molecule has 266 valence electrons. The first kappa shape index (κ1) is 35.6. The van der Waals surface area contributed by atoms with Crippen LogP contribution in [0.15, 0.2) is 115 Å². The third kappa shape index (κ3) is 7.84. The second kappa shape index (κ2) is 15.4. The van der Waals surface area contributed by atoms with Gasteiger partial charge in [0.15, 0.2) is 5.78 Å². The Bertz CT molecular complexity index is 1810. The SMILES string of the molecule is CC1=CCCC2(C)C(CCC2(O)CN2CCC(Cc3ccccc3)CC2)c2ccc(cc2C(=O)c2ccc(-c3ccccc3)cc2)CC(O)CC1. The van der Waals surface area contributed by atoms with Crippen LogP contribution in [-0.2, 0) is 12.8 Å². The van der Waals surface area contributed by atoms with Crippen LogP contribution in [0.5, 0.6) is 0 Å². The van der Waals surface area contributed by atoms with E-state index in [4.69, 9.17) is 0 Å². The summed E-state index contributed by atoms with van der Waals surface area (Å²) in [6, 6.07) is 35.4. The highest BCUT2D eigenvalue weighted by Gasteiger charge is 2.57. The summed E-state index contributed by atoms with van der Waals surface area (Å²) < 4.78 is 0. The lowest BCUT2D eigenvalue weighted by atomic mass is 9.64. The molecule has 0 radical (unpaired) electrons. The number of carbonyl (C=O) groups is 1. The molecule has 2 N–H and O–H groups in total. The van der Waals surface area contributed by atoms with E-state index in [1.807, 2.05) is 42.5 Å². The summed E-state index contributed by atoms with van der Waals surface area (Å²) in [5, 5.41) is 23.9. The number of aliphatic hydroxyl groups is 2. The molecule has 4 aromatic rings. The Hall–Kier alpha value is -3.83. The zero-order valence-electron chi connectivity index (χ0n) is 30.6. The third-order valence-corrected chi connectivity index (χ3v) is 12.7. The fraction of sp³-hybridized carbons (Fsp3) is 0.426. The van der Waals surface area contributed by atoms with Crippen molar-refractivity contribution in [1.82, 2.24) is 4.90 Å². The molecule has 4 heteroatoms. The third-order valence-electron chi connectivity index (χ3n) is 12.7. The highest BCUT2D eigenvalue weighted by Crippen LogP contribution is 2.59. The van der Waals surface area contributed by atoms with Crippen molar-refractivity contribution in [1.29, 1.82) is 0 Å². The van der Waals surface area contributed by atoms with E-state index in [0.29, 0.717) is 30.9 Å². The predicted molar refractivity (Wildman–Crippen MR) is 208 cm³/mol. The maximum absolute atomic E-state index is 14.6. The molecule has 1 heterocycles. The molecule has 4 aliphatic rings. The molecule has 0 aromatic heterocycles. The molecule has 0 amide bonds. The topological polar surface area (TPSA) is 60.8 Å². The summed E-state index contributed by atoms with van der Waals surface area (Å²) in [5.41, 5.74) is 7.07. The normalized spacial score (nSPS) is 26.3. The molecule has 1 saturated carbocycles. The van der Waals surface area contributed by atoms with E-state index in [0.717, 1.165) is 92.3 Å². The molecule has 51 heavy (non-hydrogen) atoms. The van der Waals surface area contributed by atoms with Gasteiger partial charge in [-0.3, -0.25) is 4.79 Å². The lowest BCUT2D eigenvalue weighted by Crippen LogP contribution is -2.53. The maximum atomic E-state index is 14.6. The number of nitrogens with zero attached hydrogens (tertiary/aromatic N) is 1. The van der Waals surface area contributed by atoms with E-state index >= 15 is 0 Å². The van der Waals surface area contributed by atoms with Gasteiger partial charge in [0, 0.05) is 23.1 Å². The van der Waals surface area contributed by atoms with E-state index in [2.05, 4.69) is 85.5 Å². The Morgan fingerprint density at radius 1 is 0.824 bits per heavy atom. The number of likely N-dealkylation sites (tertiary alicyclic amines) is 1. The lowest BCUT2D eigenvalue weighted by Gasteiger charge is -2.47. The van der Waals surface area contributed by atoms with Gasteiger partial charge in [-0.05, 0) is 130 Å². The van der Waals surface area contributed by atoms with Crippen molar-refractivity contribution in [3.63, 3.8) is 0 Å². The molecule has 4 aromatic carbocycles. The van der Waals surface area contributed by atoms with Crippen LogP contribution < -0.4 is 0 Å². The number of piperidine rings is 1. The smallest absolute Gasteiger partial charge is 0.193 e. The van der Waals surface area contributed by atoms with Gasteiger partial charge in [-0.15, -0.1) is 0 Å². The first-order chi connectivity index (χ1) is 24.7. The van der Waals surface area contributed by atoms with Gasteiger partial charge >= 0.3 is 0 Å². The Morgan fingerprint density at radius 3 is 2.24 bits per heavy atom. The molecule has 3 aliphatic carbocycles. The quantitative estimate of drug-likeness (QED) is 0.151. The summed E-state index contributed by atoms with van der Waals surface area (Å²) in [6.45, 7) is 7.18. The average molecular weight is 682 g/mol. The molecule has 2 fully saturated rings. The molecular formula is C47H55NO3. The van der Waals surface area contributed by atoms with Crippen LogP contribution in [-0.4, -0.2) is 52.2 Å². The van der Waals surface area contributed by atoms with Gasteiger partial charge in [0.05, 0.1) is 11.7 Å². The Kier molecular flexibility index (Phi) is 10.8. The summed E-state index contributed by atoms with van der Waals surface area (Å²) >= 11 is 0. The van der Waals surface area contributed by atoms with E-state index in [-0.39, 0.29) is 11.7 Å². The van der Waals surface area contributed by atoms with Crippen LogP contribution in [0.2, 0.25) is 0 Å². The van der Waals surface area contributed by atoms with Gasteiger partial charge in [0.25, 0.3) is 0 Å². The Balaban J connectivity index is 1.18. The maximum Gasteiger partial charge on any atom is 0.193 e. The number of benzene rings is 4. The van der Waals surface area contributed by atoms with Crippen LogP contribution in [0.25, 0.3) is 11.1 Å².